The van der Waals surface area contributed by atoms with Crippen LogP contribution in [0.25, 0.3) is 0 Å². The quantitative estimate of drug-likeness (QED) is 0.670. The molecular formula is C14H27NO2. The number of carbonyl (C=O) groups excluding carboxylic acids is 1. The van der Waals surface area contributed by atoms with E-state index in [0.29, 0.717) is 12.5 Å². The van der Waals surface area contributed by atoms with E-state index in [-0.39, 0.29) is 12.0 Å². The van der Waals surface area contributed by atoms with Gasteiger partial charge in [0.25, 0.3) is 0 Å². The van der Waals surface area contributed by atoms with E-state index in [1.165, 1.54) is 19.3 Å². The van der Waals surface area contributed by atoms with Gasteiger partial charge in [0, 0.05) is 6.54 Å². The molecule has 17 heavy (non-hydrogen) atoms. The lowest BCUT2D eigenvalue weighted by molar-refractivity contribution is -0.151. The fourth-order valence-electron chi connectivity index (χ4n) is 2.59. The Balaban J connectivity index is 2.55. The Labute approximate surface area is 106 Å². The average molecular weight is 241 g/mol. The van der Waals surface area contributed by atoms with E-state index in [1.807, 2.05) is 6.92 Å². The molecule has 0 bridgehead atoms. The molecule has 1 rings (SSSR count). The molecule has 0 aromatic heterocycles. The molecule has 3 heteroatoms. The molecule has 0 amide bonds. The lowest BCUT2D eigenvalue weighted by Gasteiger charge is -2.36. The van der Waals surface area contributed by atoms with Crippen LogP contribution in [-0.2, 0) is 9.53 Å². The van der Waals surface area contributed by atoms with Gasteiger partial charge in [-0.2, -0.15) is 0 Å². The van der Waals surface area contributed by atoms with Crippen LogP contribution in [0.1, 0.15) is 52.9 Å². The molecule has 0 radical (unpaired) electrons. The molecule has 0 aromatic rings. The molecule has 1 fully saturated rings. The van der Waals surface area contributed by atoms with Crippen molar-refractivity contribution in [2.75, 3.05) is 19.7 Å². The number of rotatable bonds is 6. The van der Waals surface area contributed by atoms with Crippen LogP contribution in [0, 0.1) is 5.92 Å². The van der Waals surface area contributed by atoms with Crippen molar-refractivity contribution in [1.82, 2.24) is 4.90 Å². The molecule has 1 aliphatic rings. The number of likely N-dealkylation sites (tertiary alicyclic amines) is 1. The summed E-state index contributed by atoms with van der Waals surface area (Å²) in [5.74, 6) is 0.697. The second kappa shape index (κ2) is 7.70. The van der Waals surface area contributed by atoms with Crippen LogP contribution >= 0.6 is 0 Å². The van der Waals surface area contributed by atoms with Gasteiger partial charge < -0.3 is 4.74 Å². The lowest BCUT2D eigenvalue weighted by atomic mass is 9.97. The Hall–Kier alpha value is -0.570. The fraction of sp³-hybridized carbons (Fsp3) is 0.929. The number of carbonyl (C=O) groups is 1. The highest BCUT2D eigenvalue weighted by atomic mass is 16.5. The highest BCUT2D eigenvalue weighted by Gasteiger charge is 2.30. The topological polar surface area (TPSA) is 29.5 Å². The minimum Gasteiger partial charge on any atom is -0.465 e. The van der Waals surface area contributed by atoms with E-state index in [0.717, 1.165) is 25.9 Å². The van der Waals surface area contributed by atoms with E-state index in [9.17, 15) is 4.79 Å². The summed E-state index contributed by atoms with van der Waals surface area (Å²) in [5.41, 5.74) is 0. The van der Waals surface area contributed by atoms with Crippen LogP contribution in [0.15, 0.2) is 0 Å². The zero-order chi connectivity index (χ0) is 12.7. The third kappa shape index (κ3) is 4.30. The van der Waals surface area contributed by atoms with Crippen molar-refractivity contribution in [2.45, 2.75) is 58.9 Å². The van der Waals surface area contributed by atoms with Crippen molar-refractivity contribution in [3.63, 3.8) is 0 Å². The van der Waals surface area contributed by atoms with E-state index in [4.69, 9.17) is 4.74 Å². The monoisotopic (exact) mass is 241 g/mol. The summed E-state index contributed by atoms with van der Waals surface area (Å²) >= 11 is 0. The standard InChI is InChI=1S/C14H27NO2/c1-4-12(5-2)11-15-10-8-7-9-13(15)14(16)17-6-3/h12-13H,4-11H2,1-3H3. The van der Waals surface area contributed by atoms with Crippen molar-refractivity contribution in [3.8, 4) is 0 Å². The van der Waals surface area contributed by atoms with Gasteiger partial charge >= 0.3 is 5.97 Å². The van der Waals surface area contributed by atoms with Crippen LogP contribution in [0.5, 0.6) is 0 Å². The summed E-state index contributed by atoms with van der Waals surface area (Å²) in [6.45, 7) is 8.95. The Bertz CT molecular complexity index is 226. The number of nitrogens with zero attached hydrogens (tertiary/aromatic N) is 1. The first-order valence-corrected chi connectivity index (χ1v) is 7.13. The minimum atomic E-state index is -0.0156. The summed E-state index contributed by atoms with van der Waals surface area (Å²) in [7, 11) is 0. The molecule has 0 saturated carbocycles. The van der Waals surface area contributed by atoms with Crippen LogP contribution < -0.4 is 0 Å². The summed E-state index contributed by atoms with van der Waals surface area (Å²) in [5, 5.41) is 0. The third-order valence-electron chi connectivity index (χ3n) is 3.82. The summed E-state index contributed by atoms with van der Waals surface area (Å²) < 4.78 is 5.18. The van der Waals surface area contributed by atoms with Crippen LogP contribution in [-0.4, -0.2) is 36.6 Å². The Morgan fingerprint density at radius 1 is 1.29 bits per heavy atom. The number of hydrogen-bond donors (Lipinski definition) is 0. The van der Waals surface area contributed by atoms with E-state index in [1.54, 1.807) is 0 Å². The molecule has 1 heterocycles. The molecule has 100 valence electrons. The Morgan fingerprint density at radius 3 is 2.59 bits per heavy atom. The van der Waals surface area contributed by atoms with Gasteiger partial charge in [-0.05, 0) is 32.2 Å². The minimum absolute atomic E-state index is 0.0156. The summed E-state index contributed by atoms with van der Waals surface area (Å²) in [6, 6.07) is 0.0179. The lowest BCUT2D eigenvalue weighted by Crippen LogP contribution is -2.47. The van der Waals surface area contributed by atoms with Crippen molar-refractivity contribution in [2.24, 2.45) is 5.92 Å². The largest absolute Gasteiger partial charge is 0.465 e. The van der Waals surface area contributed by atoms with Gasteiger partial charge in [0.1, 0.15) is 6.04 Å². The maximum atomic E-state index is 11.9. The van der Waals surface area contributed by atoms with Crippen molar-refractivity contribution >= 4 is 5.97 Å². The molecule has 3 nitrogen and oxygen atoms in total. The first kappa shape index (κ1) is 14.5. The van der Waals surface area contributed by atoms with Gasteiger partial charge in [-0.15, -0.1) is 0 Å². The first-order valence-electron chi connectivity index (χ1n) is 7.13. The SMILES string of the molecule is CCOC(=O)C1CCCCN1CC(CC)CC. The molecule has 0 aromatic carbocycles. The Kier molecular flexibility index (Phi) is 6.56. The summed E-state index contributed by atoms with van der Waals surface area (Å²) in [4.78, 5) is 14.2. The highest BCUT2D eigenvalue weighted by Crippen LogP contribution is 2.21. The predicted octanol–water partition coefficient (Wildman–Crippen LogP) is 2.84. The van der Waals surface area contributed by atoms with Crippen LogP contribution in [0.2, 0.25) is 0 Å². The van der Waals surface area contributed by atoms with Gasteiger partial charge in [0.05, 0.1) is 6.61 Å². The average Bonchev–Trinajstić information content (AvgIpc) is 2.36. The molecule has 0 aliphatic carbocycles. The predicted molar refractivity (Wildman–Crippen MR) is 69.9 cm³/mol. The van der Waals surface area contributed by atoms with Gasteiger partial charge in [0.2, 0.25) is 0 Å². The van der Waals surface area contributed by atoms with Gasteiger partial charge in [-0.3, -0.25) is 9.69 Å². The highest BCUT2D eigenvalue weighted by molar-refractivity contribution is 5.75. The molecule has 0 N–H and O–H groups in total. The molecule has 1 unspecified atom stereocenters. The number of esters is 1. The number of hydrogen-bond acceptors (Lipinski definition) is 3. The van der Waals surface area contributed by atoms with Crippen molar-refractivity contribution in [1.29, 1.82) is 0 Å². The molecule has 1 saturated heterocycles. The fourth-order valence-corrected chi connectivity index (χ4v) is 2.59. The van der Waals surface area contributed by atoms with Gasteiger partial charge in [-0.1, -0.05) is 33.1 Å². The van der Waals surface area contributed by atoms with E-state index in [2.05, 4.69) is 18.7 Å². The smallest absolute Gasteiger partial charge is 0.323 e. The zero-order valence-corrected chi connectivity index (χ0v) is 11.6. The molecule has 1 atom stereocenters. The second-order valence-electron chi connectivity index (χ2n) is 4.94. The van der Waals surface area contributed by atoms with Crippen molar-refractivity contribution < 1.29 is 9.53 Å². The zero-order valence-electron chi connectivity index (χ0n) is 11.6. The maximum absolute atomic E-state index is 11.9. The van der Waals surface area contributed by atoms with Crippen molar-refractivity contribution in [3.05, 3.63) is 0 Å². The van der Waals surface area contributed by atoms with Gasteiger partial charge in [0.15, 0.2) is 0 Å². The molecule has 1 aliphatic heterocycles. The normalized spacial score (nSPS) is 21.8. The third-order valence-corrected chi connectivity index (χ3v) is 3.82. The van der Waals surface area contributed by atoms with Gasteiger partial charge in [-0.25, -0.2) is 0 Å². The van der Waals surface area contributed by atoms with E-state index < -0.39 is 0 Å². The second-order valence-corrected chi connectivity index (χ2v) is 4.94. The number of ether oxygens (including phenoxy) is 1. The Morgan fingerprint density at radius 2 is 2.00 bits per heavy atom. The molecular weight excluding hydrogens is 214 g/mol. The van der Waals surface area contributed by atoms with E-state index >= 15 is 0 Å². The van der Waals surface area contributed by atoms with Crippen LogP contribution in [0.4, 0.5) is 0 Å². The molecule has 0 spiro atoms. The first-order chi connectivity index (χ1) is 8.22. The maximum Gasteiger partial charge on any atom is 0.323 e. The van der Waals surface area contributed by atoms with Crippen LogP contribution in [0.3, 0.4) is 0 Å². The summed E-state index contributed by atoms with van der Waals surface area (Å²) in [6.07, 6.45) is 5.74. The number of piperidine rings is 1.